The summed E-state index contributed by atoms with van der Waals surface area (Å²) in [4.78, 5) is 29.1. The largest absolute Gasteiger partial charge is 0.300 e. The van der Waals surface area contributed by atoms with Gasteiger partial charge in [0.15, 0.2) is 0 Å². The molecule has 2 aromatic heterocycles. The van der Waals surface area contributed by atoms with E-state index in [2.05, 4.69) is 36.4 Å². The fraction of sp³-hybridized carbons (Fsp3) is 0.105. The number of fused-ring (bicyclic) bond motifs is 1. The second-order valence-electron chi connectivity index (χ2n) is 5.98. The lowest BCUT2D eigenvalue weighted by Gasteiger charge is -2.06. The average molecular weight is 456 g/mol. The maximum atomic E-state index is 12.6. The van der Waals surface area contributed by atoms with Gasteiger partial charge in [-0.05, 0) is 18.2 Å². The van der Waals surface area contributed by atoms with Gasteiger partial charge in [-0.2, -0.15) is 0 Å². The van der Waals surface area contributed by atoms with Crippen LogP contribution >= 0.6 is 27.3 Å². The van der Waals surface area contributed by atoms with Crippen molar-refractivity contribution in [2.24, 2.45) is 0 Å². The van der Waals surface area contributed by atoms with E-state index in [0.717, 1.165) is 15.0 Å². The van der Waals surface area contributed by atoms with Gasteiger partial charge in [0.05, 0.1) is 17.2 Å². The Morgan fingerprint density at radius 3 is 2.79 bits per heavy atom. The van der Waals surface area contributed by atoms with Crippen LogP contribution in [0.5, 0.6) is 0 Å². The van der Waals surface area contributed by atoms with Gasteiger partial charge in [0, 0.05) is 23.0 Å². The second kappa shape index (κ2) is 7.99. The molecule has 0 aliphatic rings. The zero-order valence-electron chi connectivity index (χ0n) is 14.5. The molecule has 140 valence electrons. The molecule has 0 spiro atoms. The van der Waals surface area contributed by atoms with E-state index in [9.17, 15) is 9.59 Å². The van der Waals surface area contributed by atoms with E-state index in [4.69, 9.17) is 0 Å². The number of aromatic nitrogens is 4. The van der Waals surface area contributed by atoms with Crippen LogP contribution in [0, 0.1) is 0 Å². The molecule has 0 fully saturated rings. The van der Waals surface area contributed by atoms with Crippen LogP contribution < -0.4 is 10.9 Å². The van der Waals surface area contributed by atoms with Gasteiger partial charge in [0.1, 0.15) is 5.01 Å². The molecular formula is C19H14BrN5O2S. The van der Waals surface area contributed by atoms with Crippen molar-refractivity contribution in [1.82, 2.24) is 19.7 Å². The van der Waals surface area contributed by atoms with Crippen molar-refractivity contribution in [2.45, 2.75) is 13.0 Å². The summed E-state index contributed by atoms with van der Waals surface area (Å²) in [6.45, 7) is 0.227. The molecule has 2 aromatic carbocycles. The van der Waals surface area contributed by atoms with Crippen LogP contribution in [0.4, 0.5) is 5.13 Å². The number of nitrogens with zero attached hydrogens (tertiary/aromatic N) is 4. The van der Waals surface area contributed by atoms with E-state index in [1.807, 2.05) is 36.4 Å². The maximum absolute atomic E-state index is 12.6. The van der Waals surface area contributed by atoms with Crippen molar-refractivity contribution in [3.8, 4) is 10.6 Å². The lowest BCUT2D eigenvalue weighted by Crippen LogP contribution is -2.23. The number of carbonyl (C=O) groups is 1. The highest BCUT2D eigenvalue weighted by Gasteiger charge is 2.11. The second-order valence-corrected chi connectivity index (χ2v) is 7.87. The molecule has 9 heteroatoms. The van der Waals surface area contributed by atoms with Crippen LogP contribution in [0.2, 0.25) is 0 Å². The van der Waals surface area contributed by atoms with Crippen molar-refractivity contribution >= 4 is 49.2 Å². The predicted molar refractivity (Wildman–Crippen MR) is 112 cm³/mol. The quantitative estimate of drug-likeness (QED) is 0.495. The minimum atomic E-state index is -0.239. The fourth-order valence-electron chi connectivity index (χ4n) is 2.67. The summed E-state index contributed by atoms with van der Waals surface area (Å²) >= 11 is 4.66. The van der Waals surface area contributed by atoms with E-state index >= 15 is 0 Å². The number of amides is 1. The highest BCUT2D eigenvalue weighted by Crippen LogP contribution is 2.25. The fourth-order valence-corrected chi connectivity index (χ4v) is 3.79. The summed E-state index contributed by atoms with van der Waals surface area (Å²) in [6.07, 6.45) is 1.59. The first-order valence-corrected chi connectivity index (χ1v) is 10.0. The summed E-state index contributed by atoms with van der Waals surface area (Å²) in [5.41, 5.74) is 1.39. The monoisotopic (exact) mass is 455 g/mol. The first-order valence-electron chi connectivity index (χ1n) is 8.43. The minimum Gasteiger partial charge on any atom is -0.300 e. The molecule has 7 nitrogen and oxygen atoms in total. The van der Waals surface area contributed by atoms with Gasteiger partial charge in [0.2, 0.25) is 11.0 Å². The van der Waals surface area contributed by atoms with Crippen LogP contribution in [-0.4, -0.2) is 25.7 Å². The van der Waals surface area contributed by atoms with Gasteiger partial charge < -0.3 is 5.32 Å². The Kier molecular flexibility index (Phi) is 5.27. The smallest absolute Gasteiger partial charge is 0.261 e. The molecule has 0 aliphatic heterocycles. The Hall–Kier alpha value is -2.91. The molecule has 1 N–H and O–H groups in total. The Morgan fingerprint density at radius 2 is 1.96 bits per heavy atom. The number of anilines is 1. The van der Waals surface area contributed by atoms with Gasteiger partial charge in [-0.25, -0.2) is 4.98 Å². The lowest BCUT2D eigenvalue weighted by molar-refractivity contribution is -0.116. The SMILES string of the molecule is O=C(CCn1cnc2ccc(Br)cc2c1=O)Nc1nnc(-c2ccccc2)s1. The molecule has 28 heavy (non-hydrogen) atoms. The number of benzene rings is 2. The van der Waals surface area contributed by atoms with Crippen molar-refractivity contribution < 1.29 is 4.79 Å². The van der Waals surface area contributed by atoms with Gasteiger partial charge in [0.25, 0.3) is 5.56 Å². The van der Waals surface area contributed by atoms with Crippen molar-refractivity contribution in [3.05, 3.63) is 69.7 Å². The standard InChI is InChI=1S/C19H14BrN5O2S/c20-13-6-7-15-14(10-13)18(27)25(11-21-15)9-8-16(26)22-19-24-23-17(28-19)12-4-2-1-3-5-12/h1-7,10-11H,8-9H2,(H,22,24,26). The molecule has 4 aromatic rings. The number of halogens is 1. The number of rotatable bonds is 5. The molecule has 0 saturated carbocycles. The number of nitrogens with one attached hydrogen (secondary N) is 1. The third-order valence-corrected chi connectivity index (χ3v) is 5.44. The molecule has 0 bridgehead atoms. The summed E-state index contributed by atoms with van der Waals surface area (Å²) in [5, 5.41) is 12.5. The molecule has 4 rings (SSSR count). The highest BCUT2D eigenvalue weighted by molar-refractivity contribution is 9.10. The Morgan fingerprint density at radius 1 is 1.14 bits per heavy atom. The van der Waals surface area contributed by atoms with Crippen molar-refractivity contribution in [1.29, 1.82) is 0 Å². The molecule has 1 amide bonds. The molecule has 0 atom stereocenters. The minimum absolute atomic E-state index is 0.126. The van der Waals surface area contributed by atoms with Gasteiger partial charge >= 0.3 is 0 Å². The van der Waals surface area contributed by atoms with Crippen LogP contribution in [0.25, 0.3) is 21.5 Å². The summed E-state index contributed by atoms with van der Waals surface area (Å²) < 4.78 is 2.24. The number of carbonyl (C=O) groups excluding carboxylic acids is 1. The molecule has 2 heterocycles. The van der Waals surface area contributed by atoms with Crippen LogP contribution in [0.1, 0.15) is 6.42 Å². The molecular weight excluding hydrogens is 442 g/mol. The van der Waals surface area contributed by atoms with Crippen LogP contribution in [0.3, 0.4) is 0 Å². The van der Waals surface area contributed by atoms with E-state index in [1.165, 1.54) is 22.2 Å². The maximum Gasteiger partial charge on any atom is 0.261 e. The van der Waals surface area contributed by atoms with Gasteiger partial charge in [-0.3, -0.25) is 14.2 Å². The third kappa shape index (κ3) is 4.00. The highest BCUT2D eigenvalue weighted by atomic mass is 79.9. The topological polar surface area (TPSA) is 89.8 Å². The summed E-state index contributed by atoms with van der Waals surface area (Å²) in [5.74, 6) is -0.239. The lowest BCUT2D eigenvalue weighted by atomic mass is 10.2. The van der Waals surface area contributed by atoms with Crippen LogP contribution in [0.15, 0.2) is 64.1 Å². The Labute approximate surface area is 172 Å². The van der Waals surface area contributed by atoms with E-state index in [0.29, 0.717) is 16.0 Å². The van der Waals surface area contributed by atoms with E-state index < -0.39 is 0 Å². The summed E-state index contributed by atoms with van der Waals surface area (Å²) in [6, 6.07) is 15.0. The zero-order chi connectivity index (χ0) is 19.5. The van der Waals surface area contributed by atoms with Crippen LogP contribution in [-0.2, 0) is 11.3 Å². The Balaban J connectivity index is 1.43. The normalized spacial score (nSPS) is 10.9. The first kappa shape index (κ1) is 18.5. The van der Waals surface area contributed by atoms with Crippen molar-refractivity contribution in [2.75, 3.05) is 5.32 Å². The third-order valence-electron chi connectivity index (χ3n) is 4.06. The molecule has 0 unspecified atom stereocenters. The molecule has 0 radical (unpaired) electrons. The van der Waals surface area contributed by atoms with Gasteiger partial charge in [-0.15, -0.1) is 10.2 Å². The average Bonchev–Trinajstić information content (AvgIpc) is 3.17. The first-order chi connectivity index (χ1) is 13.6. The number of aryl methyl sites for hydroxylation is 1. The summed E-state index contributed by atoms with van der Waals surface area (Å²) in [7, 11) is 0. The zero-order valence-corrected chi connectivity index (χ0v) is 16.9. The molecule has 0 aliphatic carbocycles. The van der Waals surface area contributed by atoms with E-state index in [-0.39, 0.29) is 24.4 Å². The van der Waals surface area contributed by atoms with Gasteiger partial charge in [-0.1, -0.05) is 57.6 Å². The Bertz CT molecular complexity index is 1210. The molecule has 0 saturated heterocycles. The predicted octanol–water partition coefficient (Wildman–Crippen LogP) is 3.71. The number of hydrogen-bond acceptors (Lipinski definition) is 6. The van der Waals surface area contributed by atoms with Crippen molar-refractivity contribution in [3.63, 3.8) is 0 Å². The number of hydrogen-bond donors (Lipinski definition) is 1. The van der Waals surface area contributed by atoms with E-state index in [1.54, 1.807) is 12.1 Å².